The van der Waals surface area contributed by atoms with Crippen LogP contribution in [0.2, 0.25) is 0 Å². The van der Waals surface area contributed by atoms with E-state index in [1.807, 2.05) is 60.7 Å². The average molecular weight is 418 g/mol. The molecule has 1 saturated heterocycles. The number of carbonyl (C=O) groups is 1. The van der Waals surface area contributed by atoms with Crippen LogP contribution in [0, 0.1) is 0 Å². The highest BCUT2D eigenvalue weighted by Gasteiger charge is 2.35. The van der Waals surface area contributed by atoms with E-state index in [4.69, 9.17) is 4.74 Å². The molecular formula is C25H27N3O3. The molecule has 0 unspecified atom stereocenters. The largest absolute Gasteiger partial charge is 0.375 e. The molecule has 0 aliphatic carbocycles. The van der Waals surface area contributed by atoms with E-state index in [1.165, 1.54) is 0 Å². The second-order valence-electron chi connectivity index (χ2n) is 7.79. The summed E-state index contributed by atoms with van der Waals surface area (Å²) in [5.74, 6) is -0.284. The molecule has 4 rings (SSSR count). The fraction of sp³-hybridized carbons (Fsp3) is 0.320. The molecule has 0 radical (unpaired) electrons. The van der Waals surface area contributed by atoms with Crippen LogP contribution in [0.5, 0.6) is 0 Å². The number of nitrogens with one attached hydrogen (secondary N) is 1. The third-order valence-corrected chi connectivity index (χ3v) is 5.54. The van der Waals surface area contributed by atoms with Gasteiger partial charge in [-0.1, -0.05) is 80.4 Å². The fourth-order valence-electron chi connectivity index (χ4n) is 3.81. The third kappa shape index (κ3) is 4.59. The number of benzene rings is 2. The van der Waals surface area contributed by atoms with Gasteiger partial charge in [-0.25, -0.2) is 5.10 Å². The first-order valence-electron chi connectivity index (χ1n) is 10.8. The third-order valence-electron chi connectivity index (χ3n) is 5.54. The summed E-state index contributed by atoms with van der Waals surface area (Å²) in [5.41, 5.74) is 2.43. The highest BCUT2D eigenvalue weighted by Crippen LogP contribution is 2.32. The van der Waals surface area contributed by atoms with Gasteiger partial charge in [-0.2, -0.15) is 5.10 Å². The first kappa shape index (κ1) is 21.0. The number of hydrogen-bond donors (Lipinski definition) is 1. The summed E-state index contributed by atoms with van der Waals surface area (Å²) in [5, 5.41) is 6.85. The number of aromatic amines is 1. The fourth-order valence-corrected chi connectivity index (χ4v) is 3.81. The molecule has 0 saturated carbocycles. The molecule has 0 bridgehead atoms. The van der Waals surface area contributed by atoms with Gasteiger partial charge in [0.25, 0.3) is 11.5 Å². The lowest BCUT2D eigenvalue weighted by Gasteiger charge is -2.39. The van der Waals surface area contributed by atoms with Crippen LogP contribution in [0.3, 0.4) is 0 Å². The molecule has 0 spiro atoms. The van der Waals surface area contributed by atoms with E-state index >= 15 is 0 Å². The van der Waals surface area contributed by atoms with Crippen LogP contribution in [0.4, 0.5) is 0 Å². The van der Waals surface area contributed by atoms with Crippen molar-refractivity contribution in [2.24, 2.45) is 0 Å². The predicted molar refractivity (Wildman–Crippen MR) is 121 cm³/mol. The van der Waals surface area contributed by atoms with Crippen molar-refractivity contribution in [3.63, 3.8) is 0 Å². The Kier molecular flexibility index (Phi) is 6.57. The molecule has 0 atom stereocenters. The lowest BCUT2D eigenvalue weighted by molar-refractivity contribution is -0.0434. The van der Waals surface area contributed by atoms with Gasteiger partial charge in [0.1, 0.15) is 5.56 Å². The molecule has 31 heavy (non-hydrogen) atoms. The van der Waals surface area contributed by atoms with Gasteiger partial charge in [-0.05, 0) is 12.0 Å². The second kappa shape index (κ2) is 9.71. The van der Waals surface area contributed by atoms with Crippen LogP contribution < -0.4 is 5.56 Å². The summed E-state index contributed by atoms with van der Waals surface area (Å²) in [6.07, 6.45) is 3.36. The molecule has 1 aliphatic rings. The lowest BCUT2D eigenvalue weighted by Crippen LogP contribution is -2.55. The van der Waals surface area contributed by atoms with Crippen molar-refractivity contribution < 1.29 is 9.53 Å². The summed E-state index contributed by atoms with van der Waals surface area (Å²) >= 11 is 0. The smallest absolute Gasteiger partial charge is 0.277 e. The van der Waals surface area contributed by atoms with Gasteiger partial charge in [0.05, 0.1) is 11.8 Å². The van der Waals surface area contributed by atoms with Crippen LogP contribution in [0.15, 0.2) is 65.5 Å². The van der Waals surface area contributed by atoms with Crippen molar-refractivity contribution in [2.45, 2.75) is 32.3 Å². The Bertz CT molecular complexity index is 1070. The average Bonchev–Trinajstić information content (AvgIpc) is 2.78. The van der Waals surface area contributed by atoms with Gasteiger partial charge in [0, 0.05) is 30.8 Å². The summed E-state index contributed by atoms with van der Waals surface area (Å²) in [6, 6.07) is 19.1. The topological polar surface area (TPSA) is 75.3 Å². The molecule has 2 heterocycles. The Hall–Kier alpha value is -3.25. The van der Waals surface area contributed by atoms with Crippen molar-refractivity contribution in [1.82, 2.24) is 15.1 Å². The van der Waals surface area contributed by atoms with E-state index in [0.29, 0.717) is 31.0 Å². The highest BCUT2D eigenvalue weighted by molar-refractivity contribution is 6.04. The van der Waals surface area contributed by atoms with Crippen molar-refractivity contribution in [2.75, 3.05) is 19.7 Å². The summed E-state index contributed by atoms with van der Waals surface area (Å²) in [6.45, 7) is 3.87. The minimum absolute atomic E-state index is 0.0375. The lowest BCUT2D eigenvalue weighted by atomic mass is 9.94. The molecule has 1 fully saturated rings. The maximum atomic E-state index is 13.4. The molecule has 1 amide bonds. The predicted octanol–water partition coefficient (Wildman–Crippen LogP) is 4.14. The van der Waals surface area contributed by atoms with E-state index < -0.39 is 5.56 Å². The molecule has 160 valence electrons. The van der Waals surface area contributed by atoms with Crippen molar-refractivity contribution in [3.8, 4) is 22.4 Å². The molecule has 6 heteroatoms. The van der Waals surface area contributed by atoms with Crippen LogP contribution in [0.1, 0.15) is 36.5 Å². The van der Waals surface area contributed by atoms with Crippen LogP contribution in [0.25, 0.3) is 22.4 Å². The maximum Gasteiger partial charge on any atom is 0.277 e. The van der Waals surface area contributed by atoms with Crippen LogP contribution in [-0.2, 0) is 4.74 Å². The Morgan fingerprint density at radius 3 is 2.32 bits per heavy atom. The molecular weight excluding hydrogens is 390 g/mol. The Balaban J connectivity index is 1.65. The molecule has 1 N–H and O–H groups in total. The summed E-state index contributed by atoms with van der Waals surface area (Å²) in [4.78, 5) is 27.9. The number of hydrogen-bond acceptors (Lipinski definition) is 4. The number of unbranched alkanes of at least 4 members (excludes halogenated alkanes) is 2. The van der Waals surface area contributed by atoms with E-state index in [-0.39, 0.29) is 17.6 Å². The number of aromatic nitrogens is 2. The SMILES string of the molecule is CCCCCOC1CN(C(=O)c2c(-c3ccccc3)c(-c3ccccc3)n[nH]c2=O)C1. The number of nitrogens with zero attached hydrogens (tertiary/aromatic N) is 2. The normalized spacial score (nSPS) is 13.8. The maximum absolute atomic E-state index is 13.4. The Morgan fingerprint density at radius 1 is 1.03 bits per heavy atom. The number of amides is 1. The minimum atomic E-state index is -0.476. The van der Waals surface area contributed by atoms with Gasteiger partial charge in [0.2, 0.25) is 0 Å². The molecule has 6 nitrogen and oxygen atoms in total. The van der Waals surface area contributed by atoms with Crippen molar-refractivity contribution >= 4 is 5.91 Å². The number of carbonyl (C=O) groups excluding carboxylic acids is 1. The van der Waals surface area contributed by atoms with E-state index in [2.05, 4.69) is 17.1 Å². The second-order valence-corrected chi connectivity index (χ2v) is 7.79. The molecule has 2 aromatic carbocycles. The Morgan fingerprint density at radius 2 is 1.68 bits per heavy atom. The monoisotopic (exact) mass is 417 g/mol. The van der Waals surface area contributed by atoms with Crippen molar-refractivity contribution in [3.05, 3.63) is 76.6 Å². The zero-order valence-electron chi connectivity index (χ0n) is 17.7. The van der Waals surface area contributed by atoms with E-state index in [9.17, 15) is 9.59 Å². The van der Waals surface area contributed by atoms with Crippen molar-refractivity contribution in [1.29, 1.82) is 0 Å². The number of rotatable bonds is 8. The zero-order chi connectivity index (χ0) is 21.6. The van der Waals surface area contributed by atoms with Crippen LogP contribution in [-0.4, -0.2) is 46.8 Å². The quantitative estimate of drug-likeness (QED) is 0.559. The number of ether oxygens (including phenoxy) is 1. The van der Waals surface area contributed by atoms with E-state index in [0.717, 1.165) is 30.4 Å². The molecule has 1 aliphatic heterocycles. The van der Waals surface area contributed by atoms with Gasteiger partial charge >= 0.3 is 0 Å². The standard InChI is InChI=1S/C25H27N3O3/c1-2-3-10-15-31-20-16-28(17-20)25(30)22-21(18-11-6-4-7-12-18)23(26-27-24(22)29)19-13-8-5-9-14-19/h4-9,11-14,20H,2-3,10,15-17H2,1H3,(H,27,29). The molecule has 3 aromatic rings. The molecule has 1 aromatic heterocycles. The number of H-pyrrole nitrogens is 1. The Labute approximate surface area is 181 Å². The summed E-state index contributed by atoms with van der Waals surface area (Å²) < 4.78 is 5.84. The minimum Gasteiger partial charge on any atom is -0.375 e. The highest BCUT2D eigenvalue weighted by atomic mass is 16.5. The summed E-state index contributed by atoms with van der Waals surface area (Å²) in [7, 11) is 0. The van der Waals surface area contributed by atoms with Gasteiger partial charge in [-0.3, -0.25) is 9.59 Å². The first-order chi connectivity index (χ1) is 15.2. The first-order valence-corrected chi connectivity index (χ1v) is 10.8. The van der Waals surface area contributed by atoms with Gasteiger partial charge in [-0.15, -0.1) is 0 Å². The number of likely N-dealkylation sites (tertiary alicyclic amines) is 1. The van der Waals surface area contributed by atoms with Gasteiger partial charge < -0.3 is 9.64 Å². The van der Waals surface area contributed by atoms with E-state index in [1.54, 1.807) is 4.90 Å². The zero-order valence-corrected chi connectivity index (χ0v) is 17.7. The van der Waals surface area contributed by atoms with Gasteiger partial charge in [0.15, 0.2) is 0 Å². The van der Waals surface area contributed by atoms with Crippen LogP contribution >= 0.6 is 0 Å².